The number of likely N-dealkylation sites (tertiary alicyclic amines) is 1. The monoisotopic (exact) mass is 388 g/mol. The van der Waals surface area contributed by atoms with Crippen LogP contribution in [0.2, 0.25) is 0 Å². The van der Waals surface area contributed by atoms with Crippen molar-refractivity contribution in [2.75, 3.05) is 25.5 Å². The molecule has 5 heteroatoms. The number of rotatable bonds is 5. The second-order valence-corrected chi connectivity index (χ2v) is 8.59. The van der Waals surface area contributed by atoms with Gasteiger partial charge in [0.1, 0.15) is 5.88 Å². The number of fused-ring (bicyclic) bond motifs is 1. The fourth-order valence-electron chi connectivity index (χ4n) is 4.29. The number of benzene rings is 1. The van der Waals surface area contributed by atoms with E-state index in [1.807, 2.05) is 17.0 Å². The number of amides is 2. The summed E-state index contributed by atoms with van der Waals surface area (Å²) in [6.07, 6.45) is 6.95. The molecule has 1 N–H and O–H groups in total. The number of carbonyl (C=O) groups excluding carboxylic acids is 2. The maximum atomic E-state index is 13.1. The molecule has 1 fully saturated rings. The Kier molecular flexibility index (Phi) is 6.25. The minimum absolute atomic E-state index is 0.000333. The molecule has 1 aliphatic heterocycles. The molecule has 1 aromatic carbocycles. The third kappa shape index (κ3) is 4.55. The molecule has 0 bridgehead atoms. The number of halogens is 1. The first-order chi connectivity index (χ1) is 12.9. The number of allylic oxidation sites excluding steroid dienone is 1. The van der Waals surface area contributed by atoms with E-state index in [0.717, 1.165) is 43.5 Å². The van der Waals surface area contributed by atoms with E-state index >= 15 is 0 Å². The highest BCUT2D eigenvalue weighted by Crippen LogP contribution is 2.37. The lowest BCUT2D eigenvalue weighted by molar-refractivity contribution is -0.134. The molecule has 2 aliphatic rings. The summed E-state index contributed by atoms with van der Waals surface area (Å²) < 4.78 is 0. The largest absolute Gasteiger partial charge is 0.355 e. The van der Waals surface area contributed by atoms with Crippen LogP contribution in [0.25, 0.3) is 6.08 Å². The Morgan fingerprint density at radius 1 is 1.22 bits per heavy atom. The number of alkyl halides is 1. The molecule has 146 valence electrons. The van der Waals surface area contributed by atoms with Gasteiger partial charge in [-0.25, -0.2) is 0 Å². The summed E-state index contributed by atoms with van der Waals surface area (Å²) in [6.45, 7) is 6.58. The van der Waals surface area contributed by atoms with Crippen molar-refractivity contribution in [3.63, 3.8) is 0 Å². The molecule has 2 amide bonds. The molecule has 1 aromatic rings. The van der Waals surface area contributed by atoms with Gasteiger partial charge in [-0.3, -0.25) is 9.59 Å². The number of hydrogen-bond acceptors (Lipinski definition) is 2. The van der Waals surface area contributed by atoms with Crippen molar-refractivity contribution in [3.05, 3.63) is 41.5 Å². The topological polar surface area (TPSA) is 49.4 Å². The first-order valence-electron chi connectivity index (χ1n) is 9.79. The minimum Gasteiger partial charge on any atom is -0.355 e. The molecule has 0 aromatic heterocycles. The molecule has 1 saturated heterocycles. The molecule has 27 heavy (non-hydrogen) atoms. The summed E-state index contributed by atoms with van der Waals surface area (Å²) in [6, 6.07) is 8.20. The summed E-state index contributed by atoms with van der Waals surface area (Å²) in [5.74, 6) is 0.551. The predicted octanol–water partition coefficient (Wildman–Crippen LogP) is 3.81. The average molecular weight is 389 g/mol. The van der Waals surface area contributed by atoms with Crippen molar-refractivity contribution in [3.8, 4) is 0 Å². The van der Waals surface area contributed by atoms with Crippen molar-refractivity contribution in [2.45, 2.75) is 39.0 Å². The lowest BCUT2D eigenvalue weighted by Gasteiger charge is -2.41. The maximum absolute atomic E-state index is 13.1. The van der Waals surface area contributed by atoms with Crippen LogP contribution in [0.3, 0.4) is 0 Å². The molecule has 1 heterocycles. The zero-order valence-corrected chi connectivity index (χ0v) is 17.0. The quantitative estimate of drug-likeness (QED) is 0.780. The van der Waals surface area contributed by atoms with E-state index in [1.54, 1.807) is 0 Å². The Bertz CT molecular complexity index is 721. The lowest BCUT2D eigenvalue weighted by atomic mass is 9.73. The van der Waals surface area contributed by atoms with E-state index in [4.69, 9.17) is 11.6 Å². The number of hydrogen-bond donors (Lipinski definition) is 1. The Balaban J connectivity index is 1.58. The second kappa shape index (κ2) is 8.47. The first kappa shape index (κ1) is 19.9. The van der Waals surface area contributed by atoms with Gasteiger partial charge in [0, 0.05) is 19.6 Å². The van der Waals surface area contributed by atoms with Gasteiger partial charge >= 0.3 is 0 Å². The summed E-state index contributed by atoms with van der Waals surface area (Å²) >= 11 is 5.57. The standard InChI is InChI=1S/C22H29ClN2O2/c1-22(2,15-24-20(26)14-23)17-10-12-25(13-11-17)21(27)19-9-5-7-16-6-3-4-8-18(16)19/h3-8,17,19H,9-15H2,1-2H3,(H,24,26). The lowest BCUT2D eigenvalue weighted by Crippen LogP contribution is -2.46. The summed E-state index contributed by atoms with van der Waals surface area (Å²) in [7, 11) is 0. The molecule has 0 spiro atoms. The molecule has 1 unspecified atom stereocenters. The highest BCUT2D eigenvalue weighted by Gasteiger charge is 2.36. The van der Waals surface area contributed by atoms with Crippen LogP contribution < -0.4 is 5.32 Å². The van der Waals surface area contributed by atoms with Gasteiger partial charge in [-0.1, -0.05) is 50.3 Å². The van der Waals surface area contributed by atoms with Gasteiger partial charge in [0.2, 0.25) is 11.8 Å². The summed E-state index contributed by atoms with van der Waals surface area (Å²) in [5, 5.41) is 2.91. The highest BCUT2D eigenvalue weighted by atomic mass is 35.5. The van der Waals surface area contributed by atoms with Gasteiger partial charge in [-0.05, 0) is 41.7 Å². The third-order valence-electron chi connectivity index (χ3n) is 6.11. The molecule has 1 aliphatic carbocycles. The van der Waals surface area contributed by atoms with Crippen LogP contribution in [0.1, 0.15) is 50.2 Å². The van der Waals surface area contributed by atoms with Gasteiger partial charge in [-0.15, -0.1) is 11.6 Å². The predicted molar refractivity (Wildman–Crippen MR) is 110 cm³/mol. The van der Waals surface area contributed by atoms with E-state index in [9.17, 15) is 9.59 Å². The molecular weight excluding hydrogens is 360 g/mol. The third-order valence-corrected chi connectivity index (χ3v) is 6.36. The minimum atomic E-state index is -0.124. The fraction of sp³-hybridized carbons (Fsp3) is 0.545. The van der Waals surface area contributed by atoms with Crippen molar-refractivity contribution in [1.29, 1.82) is 0 Å². The van der Waals surface area contributed by atoms with Crippen LogP contribution in [0, 0.1) is 11.3 Å². The Labute approximate surface area is 167 Å². The van der Waals surface area contributed by atoms with E-state index in [-0.39, 0.29) is 29.0 Å². The first-order valence-corrected chi connectivity index (χ1v) is 10.3. The van der Waals surface area contributed by atoms with Crippen LogP contribution >= 0.6 is 11.6 Å². The molecule has 0 saturated carbocycles. The molecule has 4 nitrogen and oxygen atoms in total. The van der Waals surface area contributed by atoms with Crippen LogP contribution in [0.4, 0.5) is 0 Å². The zero-order valence-electron chi connectivity index (χ0n) is 16.2. The van der Waals surface area contributed by atoms with Gasteiger partial charge in [0.15, 0.2) is 0 Å². The van der Waals surface area contributed by atoms with Crippen LogP contribution in [0.15, 0.2) is 30.3 Å². The Hall–Kier alpha value is -1.81. The number of carbonyl (C=O) groups is 2. The fourth-order valence-corrected chi connectivity index (χ4v) is 4.39. The number of nitrogens with zero attached hydrogens (tertiary/aromatic N) is 1. The molecule has 0 radical (unpaired) electrons. The average Bonchev–Trinajstić information content (AvgIpc) is 2.71. The smallest absolute Gasteiger partial charge is 0.234 e. The zero-order chi connectivity index (χ0) is 19.4. The van der Waals surface area contributed by atoms with Crippen molar-refractivity contribution < 1.29 is 9.59 Å². The maximum Gasteiger partial charge on any atom is 0.234 e. The molecular formula is C22H29ClN2O2. The van der Waals surface area contributed by atoms with E-state index in [1.165, 1.54) is 0 Å². The molecule has 3 rings (SSSR count). The van der Waals surface area contributed by atoms with Crippen molar-refractivity contribution in [2.24, 2.45) is 11.3 Å². The van der Waals surface area contributed by atoms with E-state index < -0.39 is 0 Å². The van der Waals surface area contributed by atoms with Crippen LogP contribution in [-0.2, 0) is 9.59 Å². The highest BCUT2D eigenvalue weighted by molar-refractivity contribution is 6.27. The van der Waals surface area contributed by atoms with Crippen LogP contribution in [0.5, 0.6) is 0 Å². The number of piperidine rings is 1. The van der Waals surface area contributed by atoms with Crippen molar-refractivity contribution in [1.82, 2.24) is 10.2 Å². The Morgan fingerprint density at radius 2 is 1.93 bits per heavy atom. The SMILES string of the molecule is CC(C)(CNC(=O)CCl)C1CCN(C(=O)C2CC=Cc3ccccc32)CC1. The Morgan fingerprint density at radius 3 is 2.63 bits per heavy atom. The number of nitrogens with one attached hydrogen (secondary N) is 1. The van der Waals surface area contributed by atoms with Gasteiger partial charge < -0.3 is 10.2 Å². The summed E-state index contributed by atoms with van der Waals surface area (Å²) in [4.78, 5) is 26.6. The van der Waals surface area contributed by atoms with Gasteiger partial charge in [-0.2, -0.15) is 0 Å². The second-order valence-electron chi connectivity index (χ2n) is 8.32. The van der Waals surface area contributed by atoms with E-state index in [0.29, 0.717) is 12.5 Å². The van der Waals surface area contributed by atoms with Crippen LogP contribution in [-0.4, -0.2) is 42.2 Å². The van der Waals surface area contributed by atoms with Gasteiger partial charge in [0.05, 0.1) is 5.92 Å². The summed E-state index contributed by atoms with van der Waals surface area (Å²) in [5.41, 5.74) is 2.31. The van der Waals surface area contributed by atoms with E-state index in [2.05, 4.69) is 43.4 Å². The normalized spacial score (nSPS) is 20.3. The van der Waals surface area contributed by atoms with Gasteiger partial charge in [0.25, 0.3) is 0 Å². The molecule has 1 atom stereocenters. The van der Waals surface area contributed by atoms with Crippen molar-refractivity contribution >= 4 is 29.5 Å².